The molecule has 0 aliphatic carbocycles. The van der Waals surface area contributed by atoms with Crippen LogP contribution >= 0.6 is 15.9 Å². The summed E-state index contributed by atoms with van der Waals surface area (Å²) in [5.41, 5.74) is 0.0211. The maximum atomic E-state index is 11.4. The van der Waals surface area contributed by atoms with Gasteiger partial charge >= 0.3 is 0 Å². The van der Waals surface area contributed by atoms with Gasteiger partial charge in [-0.2, -0.15) is 0 Å². The average molecular weight is 231 g/mol. The van der Waals surface area contributed by atoms with Crippen LogP contribution in [0.15, 0.2) is 27.6 Å². The molecule has 0 aromatic carbocycles. The lowest BCUT2D eigenvalue weighted by Crippen LogP contribution is -2.25. The van der Waals surface area contributed by atoms with Gasteiger partial charge in [-0.1, -0.05) is 0 Å². The lowest BCUT2D eigenvalue weighted by Gasteiger charge is -2.04. The Morgan fingerprint density at radius 2 is 2.42 bits per heavy atom. The molecule has 12 heavy (non-hydrogen) atoms. The molecular weight excluding hydrogens is 220 g/mol. The molecule has 0 unspecified atom stereocenters. The van der Waals surface area contributed by atoms with Gasteiger partial charge < -0.3 is 9.88 Å². The molecule has 1 heterocycles. The standard InChI is InChI=1S/C8H11BrN2O/c1-10-4-6-11-5-2-3-7(9)8(11)12/h2-3,5,10H,4,6H2,1H3. The predicted octanol–water partition coefficient (Wildman–Crippen LogP) is 0.830. The molecule has 0 aliphatic heterocycles. The fourth-order valence-electron chi connectivity index (χ4n) is 0.916. The molecule has 0 aliphatic rings. The van der Waals surface area contributed by atoms with Crippen molar-refractivity contribution in [1.82, 2.24) is 9.88 Å². The van der Waals surface area contributed by atoms with Gasteiger partial charge in [0.25, 0.3) is 5.56 Å². The molecule has 0 spiro atoms. The zero-order valence-electron chi connectivity index (χ0n) is 6.88. The van der Waals surface area contributed by atoms with Crippen molar-refractivity contribution in [3.63, 3.8) is 0 Å². The Morgan fingerprint density at radius 3 is 3.08 bits per heavy atom. The maximum Gasteiger partial charge on any atom is 0.264 e. The number of likely N-dealkylation sites (N-methyl/N-ethyl adjacent to an activating group) is 1. The highest BCUT2D eigenvalue weighted by Gasteiger charge is 1.97. The third-order valence-electron chi connectivity index (χ3n) is 1.58. The van der Waals surface area contributed by atoms with Gasteiger partial charge in [0.15, 0.2) is 0 Å². The van der Waals surface area contributed by atoms with Crippen molar-refractivity contribution >= 4 is 15.9 Å². The Morgan fingerprint density at radius 1 is 1.67 bits per heavy atom. The number of nitrogens with zero attached hydrogens (tertiary/aromatic N) is 1. The van der Waals surface area contributed by atoms with Gasteiger partial charge in [-0.05, 0) is 35.1 Å². The largest absolute Gasteiger partial charge is 0.318 e. The molecule has 3 nitrogen and oxygen atoms in total. The zero-order valence-corrected chi connectivity index (χ0v) is 8.47. The lowest BCUT2D eigenvalue weighted by molar-refractivity contribution is 0.624. The van der Waals surface area contributed by atoms with E-state index < -0.39 is 0 Å². The molecule has 1 aromatic rings. The van der Waals surface area contributed by atoms with Crippen LogP contribution in [0.4, 0.5) is 0 Å². The molecule has 1 aromatic heterocycles. The van der Waals surface area contributed by atoms with Crippen LogP contribution in [0.5, 0.6) is 0 Å². The van der Waals surface area contributed by atoms with Gasteiger partial charge in [0.2, 0.25) is 0 Å². The Bertz CT molecular complexity index is 308. The van der Waals surface area contributed by atoms with Crippen molar-refractivity contribution in [3.05, 3.63) is 33.2 Å². The molecule has 4 heteroatoms. The van der Waals surface area contributed by atoms with Crippen molar-refractivity contribution in [2.24, 2.45) is 0 Å². The van der Waals surface area contributed by atoms with E-state index in [0.717, 1.165) is 6.54 Å². The molecule has 66 valence electrons. The van der Waals surface area contributed by atoms with E-state index in [1.165, 1.54) is 0 Å². The summed E-state index contributed by atoms with van der Waals surface area (Å²) in [6.07, 6.45) is 1.78. The van der Waals surface area contributed by atoms with Gasteiger partial charge in [0.1, 0.15) is 0 Å². The highest BCUT2D eigenvalue weighted by Crippen LogP contribution is 1.99. The van der Waals surface area contributed by atoms with E-state index in [1.807, 2.05) is 13.1 Å². The molecule has 1 rings (SSSR count). The van der Waals surface area contributed by atoms with Gasteiger partial charge in [-0.15, -0.1) is 0 Å². The Balaban J connectivity index is 2.85. The van der Waals surface area contributed by atoms with Crippen LogP contribution in [-0.4, -0.2) is 18.2 Å². The van der Waals surface area contributed by atoms with Crippen molar-refractivity contribution in [1.29, 1.82) is 0 Å². The minimum atomic E-state index is 0.0211. The SMILES string of the molecule is CNCCn1cccc(Br)c1=O. The molecule has 0 fully saturated rings. The van der Waals surface area contributed by atoms with Crippen LogP contribution in [0.2, 0.25) is 0 Å². The number of rotatable bonds is 3. The molecule has 0 radical (unpaired) electrons. The summed E-state index contributed by atoms with van der Waals surface area (Å²) in [5, 5.41) is 2.99. The first kappa shape index (κ1) is 9.48. The number of pyridine rings is 1. The Hall–Kier alpha value is -0.610. The van der Waals surface area contributed by atoms with E-state index in [-0.39, 0.29) is 5.56 Å². The average Bonchev–Trinajstić information content (AvgIpc) is 2.08. The first-order valence-electron chi connectivity index (χ1n) is 3.75. The van der Waals surface area contributed by atoms with Gasteiger partial charge in [0, 0.05) is 19.3 Å². The summed E-state index contributed by atoms with van der Waals surface area (Å²) in [6, 6.07) is 3.60. The third kappa shape index (κ3) is 2.19. The highest BCUT2D eigenvalue weighted by molar-refractivity contribution is 9.10. The normalized spacial score (nSPS) is 10.2. The summed E-state index contributed by atoms with van der Waals surface area (Å²) in [6.45, 7) is 1.51. The number of hydrogen-bond donors (Lipinski definition) is 1. The zero-order chi connectivity index (χ0) is 8.97. The maximum absolute atomic E-state index is 11.4. The van der Waals surface area contributed by atoms with Gasteiger partial charge in [0.05, 0.1) is 4.47 Å². The number of nitrogens with one attached hydrogen (secondary N) is 1. The minimum absolute atomic E-state index is 0.0211. The molecule has 0 saturated heterocycles. The van der Waals surface area contributed by atoms with Gasteiger partial charge in [-0.25, -0.2) is 0 Å². The number of hydrogen-bond acceptors (Lipinski definition) is 2. The van der Waals surface area contributed by atoms with Crippen LogP contribution in [0, 0.1) is 0 Å². The van der Waals surface area contributed by atoms with Crippen molar-refractivity contribution in [3.8, 4) is 0 Å². The lowest BCUT2D eigenvalue weighted by atomic mass is 10.4. The first-order chi connectivity index (χ1) is 5.75. The Kier molecular flexibility index (Phi) is 3.49. The van der Waals surface area contributed by atoms with E-state index in [4.69, 9.17) is 0 Å². The molecular formula is C8H11BrN2O. The van der Waals surface area contributed by atoms with Crippen molar-refractivity contribution in [2.75, 3.05) is 13.6 Å². The van der Waals surface area contributed by atoms with E-state index in [9.17, 15) is 4.79 Å². The summed E-state index contributed by atoms with van der Waals surface area (Å²) >= 11 is 3.18. The quantitative estimate of drug-likeness (QED) is 0.835. The Labute approximate surface area is 79.5 Å². The summed E-state index contributed by atoms with van der Waals surface area (Å²) in [5.74, 6) is 0. The molecule has 1 N–H and O–H groups in total. The molecule has 0 bridgehead atoms. The monoisotopic (exact) mass is 230 g/mol. The summed E-state index contributed by atoms with van der Waals surface area (Å²) in [4.78, 5) is 11.4. The van der Waals surface area contributed by atoms with Crippen LogP contribution in [0.3, 0.4) is 0 Å². The minimum Gasteiger partial charge on any atom is -0.318 e. The fourth-order valence-corrected chi connectivity index (χ4v) is 1.30. The van der Waals surface area contributed by atoms with E-state index in [2.05, 4.69) is 21.2 Å². The molecule has 0 atom stereocenters. The van der Waals surface area contributed by atoms with Crippen LogP contribution in [0.25, 0.3) is 0 Å². The fraction of sp³-hybridized carbons (Fsp3) is 0.375. The van der Waals surface area contributed by atoms with Crippen LogP contribution < -0.4 is 10.9 Å². The van der Waals surface area contributed by atoms with E-state index in [1.54, 1.807) is 16.8 Å². The third-order valence-corrected chi connectivity index (χ3v) is 2.18. The molecule has 0 amide bonds. The smallest absolute Gasteiger partial charge is 0.264 e. The topological polar surface area (TPSA) is 34.0 Å². The van der Waals surface area contributed by atoms with Crippen LogP contribution in [-0.2, 0) is 6.54 Å². The first-order valence-corrected chi connectivity index (χ1v) is 4.54. The summed E-state index contributed by atoms with van der Waals surface area (Å²) in [7, 11) is 1.86. The predicted molar refractivity (Wildman–Crippen MR) is 52.3 cm³/mol. The second kappa shape index (κ2) is 4.42. The van der Waals surface area contributed by atoms with Crippen molar-refractivity contribution in [2.45, 2.75) is 6.54 Å². The van der Waals surface area contributed by atoms with E-state index in [0.29, 0.717) is 11.0 Å². The summed E-state index contributed by atoms with van der Waals surface area (Å²) < 4.78 is 2.28. The van der Waals surface area contributed by atoms with Gasteiger partial charge in [-0.3, -0.25) is 4.79 Å². The molecule has 0 saturated carbocycles. The highest BCUT2D eigenvalue weighted by atomic mass is 79.9. The number of halogens is 1. The second-order valence-corrected chi connectivity index (χ2v) is 3.31. The van der Waals surface area contributed by atoms with Crippen LogP contribution in [0.1, 0.15) is 0 Å². The number of aromatic nitrogens is 1. The van der Waals surface area contributed by atoms with Crippen molar-refractivity contribution < 1.29 is 0 Å². The second-order valence-electron chi connectivity index (χ2n) is 2.46. The van der Waals surface area contributed by atoms with E-state index >= 15 is 0 Å².